The number of hydrogen-bond acceptors (Lipinski definition) is 6. The summed E-state index contributed by atoms with van der Waals surface area (Å²) in [6, 6.07) is 14.4. The molecule has 1 aromatic heterocycles. The van der Waals surface area contributed by atoms with Crippen molar-refractivity contribution in [1.29, 1.82) is 0 Å². The van der Waals surface area contributed by atoms with Gasteiger partial charge in [0, 0.05) is 24.0 Å². The first kappa shape index (κ1) is 24.0. The number of hydroxylamine groups is 1. The summed E-state index contributed by atoms with van der Waals surface area (Å²) in [7, 11) is 0. The highest BCUT2D eigenvalue weighted by Gasteiger charge is 2.62. The van der Waals surface area contributed by atoms with Crippen molar-refractivity contribution in [1.82, 2.24) is 10.5 Å². The number of para-hydroxylation sites is 1. The Hall–Kier alpha value is -3.72. The second kappa shape index (κ2) is 9.73. The molecule has 1 aliphatic heterocycles. The molecule has 2 heterocycles. The topological polar surface area (TPSA) is 118 Å². The first-order valence-electron chi connectivity index (χ1n) is 12.2. The fourth-order valence-corrected chi connectivity index (χ4v) is 5.21. The highest BCUT2D eigenvalue weighted by atomic mass is 19.1. The Bertz CT molecular complexity index is 1310. The van der Waals surface area contributed by atoms with Crippen LogP contribution in [-0.4, -0.2) is 35.1 Å². The van der Waals surface area contributed by atoms with Crippen molar-refractivity contribution in [2.24, 2.45) is 17.1 Å². The summed E-state index contributed by atoms with van der Waals surface area (Å²) in [6.07, 6.45) is 3.82. The molecule has 1 saturated heterocycles. The predicted octanol–water partition coefficient (Wildman–Crippen LogP) is 3.48. The summed E-state index contributed by atoms with van der Waals surface area (Å²) in [5, 5.41) is 9.84. The molecule has 2 atom stereocenters. The van der Waals surface area contributed by atoms with Crippen LogP contribution in [0.3, 0.4) is 0 Å². The lowest BCUT2D eigenvalue weighted by Gasteiger charge is -2.28. The SMILES string of the molecule is NC(=O)[C@@]1(Cc2ccc(OCc3cc(N4CCCCC4)nc4ccccc34)c(F)c2)C[C@@H]1C(=O)NO. The zero-order valence-electron chi connectivity index (χ0n) is 19.9. The second-order valence-electron chi connectivity index (χ2n) is 9.69. The van der Waals surface area contributed by atoms with Crippen molar-refractivity contribution in [3.8, 4) is 5.75 Å². The van der Waals surface area contributed by atoms with Crippen LogP contribution in [0.1, 0.15) is 36.8 Å². The number of benzene rings is 2. The molecule has 8 nitrogen and oxygen atoms in total. The summed E-state index contributed by atoms with van der Waals surface area (Å²) in [4.78, 5) is 30.9. The van der Waals surface area contributed by atoms with E-state index in [0.717, 1.165) is 48.2 Å². The first-order valence-corrected chi connectivity index (χ1v) is 12.2. The van der Waals surface area contributed by atoms with Gasteiger partial charge in [0.25, 0.3) is 0 Å². The minimum atomic E-state index is -1.12. The molecule has 2 aromatic carbocycles. The van der Waals surface area contributed by atoms with E-state index >= 15 is 0 Å². The molecule has 188 valence electrons. The number of halogens is 1. The lowest BCUT2D eigenvalue weighted by molar-refractivity contribution is -0.134. The molecule has 0 radical (unpaired) electrons. The minimum Gasteiger partial charge on any atom is -0.486 e. The molecule has 2 fully saturated rings. The van der Waals surface area contributed by atoms with Crippen LogP contribution >= 0.6 is 0 Å². The van der Waals surface area contributed by atoms with Gasteiger partial charge in [0.05, 0.1) is 16.8 Å². The molecule has 5 rings (SSSR count). The average molecular weight is 493 g/mol. The number of piperidine rings is 1. The van der Waals surface area contributed by atoms with Gasteiger partial charge in [-0.25, -0.2) is 14.9 Å². The van der Waals surface area contributed by atoms with Crippen molar-refractivity contribution in [2.75, 3.05) is 18.0 Å². The third-order valence-corrected chi connectivity index (χ3v) is 7.36. The Morgan fingerprint density at radius 2 is 1.94 bits per heavy atom. The van der Waals surface area contributed by atoms with Gasteiger partial charge in [-0.3, -0.25) is 14.8 Å². The maximum atomic E-state index is 15.0. The fraction of sp³-hybridized carbons (Fsp3) is 0.370. The molecule has 0 spiro atoms. The Labute approximate surface area is 208 Å². The smallest absolute Gasteiger partial charge is 0.247 e. The predicted molar refractivity (Wildman–Crippen MR) is 132 cm³/mol. The molecule has 4 N–H and O–H groups in total. The molecular weight excluding hydrogens is 463 g/mol. The standard InChI is InChI=1S/C27H29FN4O4/c28-21-12-17(14-27(26(29)34)15-20(27)25(33)31-35)8-9-23(21)36-16-18-13-24(32-10-4-1-5-11-32)30-22-7-3-2-6-19(18)22/h2-3,6-9,12-13,20,35H,1,4-5,10-11,14-16H2,(H2,29,34)(H,31,33)/t20-,27+/m1/s1. The summed E-state index contributed by atoms with van der Waals surface area (Å²) in [5.74, 6) is -1.61. The number of ether oxygens (including phenoxy) is 1. The van der Waals surface area contributed by atoms with E-state index in [2.05, 4.69) is 4.90 Å². The van der Waals surface area contributed by atoms with Gasteiger partial charge in [-0.15, -0.1) is 0 Å². The van der Waals surface area contributed by atoms with E-state index < -0.39 is 29.0 Å². The molecule has 1 aliphatic carbocycles. The lowest BCUT2D eigenvalue weighted by atomic mass is 9.92. The van der Waals surface area contributed by atoms with E-state index in [4.69, 9.17) is 20.7 Å². The molecule has 2 aliphatic rings. The van der Waals surface area contributed by atoms with E-state index in [1.807, 2.05) is 30.3 Å². The van der Waals surface area contributed by atoms with Crippen molar-refractivity contribution in [3.05, 3.63) is 65.5 Å². The average Bonchev–Trinajstić information content (AvgIpc) is 3.63. The van der Waals surface area contributed by atoms with Crippen molar-refractivity contribution >= 4 is 28.5 Å². The number of nitrogens with one attached hydrogen (secondary N) is 1. The quantitative estimate of drug-likeness (QED) is 0.327. The van der Waals surface area contributed by atoms with E-state index in [9.17, 15) is 14.0 Å². The second-order valence-corrected chi connectivity index (χ2v) is 9.69. The van der Waals surface area contributed by atoms with Crippen LogP contribution in [-0.2, 0) is 22.6 Å². The molecule has 9 heteroatoms. The number of pyridine rings is 1. The number of rotatable bonds is 8. The molecule has 0 unspecified atom stereocenters. The van der Waals surface area contributed by atoms with Gasteiger partial charge in [-0.2, -0.15) is 0 Å². The molecule has 1 saturated carbocycles. The summed E-state index contributed by atoms with van der Waals surface area (Å²) in [6.45, 7) is 2.11. The number of nitrogens with two attached hydrogens (primary N) is 1. The first-order chi connectivity index (χ1) is 17.4. The molecule has 3 aromatic rings. The van der Waals surface area contributed by atoms with Gasteiger partial charge >= 0.3 is 0 Å². The molecule has 2 amide bonds. The lowest BCUT2D eigenvalue weighted by Crippen LogP contribution is -2.33. The minimum absolute atomic E-state index is 0.0905. The highest BCUT2D eigenvalue weighted by Crippen LogP contribution is 2.54. The molecular formula is C27H29FN4O4. The number of aromatic nitrogens is 1. The zero-order chi connectivity index (χ0) is 25.3. The third kappa shape index (κ3) is 4.58. The maximum Gasteiger partial charge on any atom is 0.247 e. The summed E-state index contributed by atoms with van der Waals surface area (Å²) < 4.78 is 20.9. The highest BCUT2D eigenvalue weighted by molar-refractivity contribution is 5.95. The number of nitrogens with zero attached hydrogens (tertiary/aromatic N) is 2. The van der Waals surface area contributed by atoms with Gasteiger partial charge in [0.2, 0.25) is 11.8 Å². The van der Waals surface area contributed by atoms with Crippen LogP contribution in [0.25, 0.3) is 10.9 Å². The Balaban J connectivity index is 1.34. The largest absolute Gasteiger partial charge is 0.486 e. The van der Waals surface area contributed by atoms with Gasteiger partial charge in [-0.1, -0.05) is 24.3 Å². The summed E-state index contributed by atoms with van der Waals surface area (Å²) >= 11 is 0. The van der Waals surface area contributed by atoms with Crippen LogP contribution < -0.4 is 20.9 Å². The number of fused-ring (bicyclic) bond motifs is 1. The Morgan fingerprint density at radius 1 is 1.17 bits per heavy atom. The zero-order valence-corrected chi connectivity index (χ0v) is 19.9. The van der Waals surface area contributed by atoms with Crippen molar-refractivity contribution < 1.29 is 23.9 Å². The molecule has 36 heavy (non-hydrogen) atoms. The molecule has 0 bridgehead atoms. The van der Waals surface area contributed by atoms with Gasteiger partial charge < -0.3 is 15.4 Å². The van der Waals surface area contributed by atoms with E-state index in [0.29, 0.717) is 5.56 Å². The normalized spacial score (nSPS) is 21.3. The van der Waals surface area contributed by atoms with E-state index in [1.165, 1.54) is 18.6 Å². The maximum absolute atomic E-state index is 15.0. The summed E-state index contributed by atoms with van der Waals surface area (Å²) in [5.41, 5.74) is 8.29. The fourth-order valence-electron chi connectivity index (χ4n) is 5.21. The van der Waals surface area contributed by atoms with Crippen molar-refractivity contribution in [3.63, 3.8) is 0 Å². The Morgan fingerprint density at radius 3 is 2.67 bits per heavy atom. The van der Waals surface area contributed by atoms with E-state index in [1.54, 1.807) is 11.5 Å². The van der Waals surface area contributed by atoms with E-state index in [-0.39, 0.29) is 25.2 Å². The monoisotopic (exact) mass is 492 g/mol. The number of primary amides is 1. The number of carbonyl (C=O) groups excluding carboxylic acids is 2. The van der Waals surface area contributed by atoms with Gasteiger partial charge in [0.15, 0.2) is 11.6 Å². The van der Waals surface area contributed by atoms with Crippen LogP contribution in [0.2, 0.25) is 0 Å². The van der Waals surface area contributed by atoms with Crippen LogP contribution in [0.5, 0.6) is 5.75 Å². The number of amides is 2. The number of hydrogen-bond donors (Lipinski definition) is 3. The van der Waals surface area contributed by atoms with Crippen molar-refractivity contribution in [2.45, 2.75) is 38.7 Å². The number of anilines is 1. The van der Waals surface area contributed by atoms with Crippen LogP contribution in [0, 0.1) is 17.2 Å². The van der Waals surface area contributed by atoms with Crippen LogP contribution in [0.15, 0.2) is 48.5 Å². The van der Waals surface area contributed by atoms with Gasteiger partial charge in [0.1, 0.15) is 12.4 Å². The van der Waals surface area contributed by atoms with Crippen LogP contribution in [0.4, 0.5) is 10.2 Å². The Kier molecular flexibility index (Phi) is 6.49. The van der Waals surface area contributed by atoms with Gasteiger partial charge in [-0.05, 0) is 61.9 Å². The number of carbonyl (C=O) groups is 2. The third-order valence-electron chi connectivity index (χ3n) is 7.36.